The van der Waals surface area contributed by atoms with Crippen molar-refractivity contribution in [2.24, 2.45) is 11.8 Å². The van der Waals surface area contributed by atoms with Crippen molar-refractivity contribution in [2.45, 2.75) is 18.9 Å². The van der Waals surface area contributed by atoms with Gasteiger partial charge in [0.1, 0.15) is 5.88 Å². The number of alkyl halides is 1. The number of allylic oxidation sites excluding steroid dienone is 1. The molecule has 66 valence electrons. The molecular weight excluding hydrogens is 174 g/mol. The Morgan fingerprint density at radius 1 is 1.50 bits per heavy atom. The summed E-state index contributed by atoms with van der Waals surface area (Å²) < 4.78 is 0. The molecule has 2 rings (SSSR count). The Morgan fingerprint density at radius 2 is 2.33 bits per heavy atom. The maximum atomic E-state index is 11.0. The number of carbonyl (C=O) groups excluding carboxylic acids is 1. The third kappa shape index (κ3) is 1.36. The number of nitrogens with one attached hydrogen (secondary N) is 1. The van der Waals surface area contributed by atoms with Gasteiger partial charge in [0.05, 0.1) is 0 Å². The maximum absolute atomic E-state index is 11.0. The summed E-state index contributed by atoms with van der Waals surface area (Å²) in [6, 6.07) is 0.353. The highest BCUT2D eigenvalue weighted by molar-refractivity contribution is 6.27. The zero-order chi connectivity index (χ0) is 8.55. The van der Waals surface area contributed by atoms with E-state index in [0.717, 1.165) is 6.42 Å². The molecule has 0 radical (unpaired) electrons. The van der Waals surface area contributed by atoms with Gasteiger partial charge in [0, 0.05) is 6.04 Å². The molecule has 1 amide bonds. The Labute approximate surface area is 77.0 Å². The van der Waals surface area contributed by atoms with Gasteiger partial charge < -0.3 is 5.32 Å². The van der Waals surface area contributed by atoms with E-state index in [1.807, 2.05) is 0 Å². The van der Waals surface area contributed by atoms with E-state index in [9.17, 15) is 4.79 Å². The highest BCUT2D eigenvalue weighted by Gasteiger charge is 2.36. The van der Waals surface area contributed by atoms with Gasteiger partial charge in [-0.15, -0.1) is 11.6 Å². The van der Waals surface area contributed by atoms with Crippen LogP contribution in [0.1, 0.15) is 12.8 Å². The molecule has 1 fully saturated rings. The number of hydrogen-bond donors (Lipinski definition) is 1. The molecule has 0 aromatic carbocycles. The molecule has 3 heteroatoms. The van der Waals surface area contributed by atoms with Crippen LogP contribution in [0.2, 0.25) is 0 Å². The minimum absolute atomic E-state index is 0.0392. The Kier molecular flexibility index (Phi) is 2.09. The molecule has 2 bridgehead atoms. The zero-order valence-electron chi connectivity index (χ0n) is 6.79. The van der Waals surface area contributed by atoms with E-state index in [0.29, 0.717) is 17.9 Å². The fourth-order valence-electron chi connectivity index (χ4n) is 2.19. The normalized spacial score (nSPS) is 37.2. The molecule has 2 aliphatic rings. The standard InChI is InChI=1S/C9H12ClNO/c10-5-9(12)11-8-4-6-1-2-7(8)3-6/h1-2,6-8H,3-5H2,(H,11,12). The van der Waals surface area contributed by atoms with Crippen molar-refractivity contribution in [3.63, 3.8) is 0 Å². The number of amides is 1. The van der Waals surface area contributed by atoms with Gasteiger partial charge in [0.15, 0.2) is 0 Å². The van der Waals surface area contributed by atoms with Crippen LogP contribution in [-0.2, 0) is 4.79 Å². The highest BCUT2D eigenvalue weighted by Crippen LogP contribution is 2.38. The van der Waals surface area contributed by atoms with Gasteiger partial charge in [-0.3, -0.25) is 4.79 Å². The Bertz CT molecular complexity index is 227. The summed E-state index contributed by atoms with van der Waals surface area (Å²) in [5.41, 5.74) is 0. The molecule has 1 saturated carbocycles. The fourth-order valence-corrected chi connectivity index (χ4v) is 2.27. The molecule has 0 spiro atoms. The molecule has 0 aliphatic heterocycles. The molecule has 3 atom stereocenters. The summed E-state index contributed by atoms with van der Waals surface area (Å²) in [5.74, 6) is 1.32. The highest BCUT2D eigenvalue weighted by atomic mass is 35.5. The van der Waals surface area contributed by atoms with Gasteiger partial charge in [-0.2, -0.15) is 0 Å². The second-order valence-corrected chi connectivity index (χ2v) is 3.86. The van der Waals surface area contributed by atoms with Crippen molar-refractivity contribution in [3.8, 4) is 0 Å². The van der Waals surface area contributed by atoms with Crippen molar-refractivity contribution in [3.05, 3.63) is 12.2 Å². The summed E-state index contributed by atoms with van der Waals surface area (Å²) in [6.45, 7) is 0. The number of halogens is 1. The minimum Gasteiger partial charge on any atom is -0.352 e. The fraction of sp³-hybridized carbons (Fsp3) is 0.667. The van der Waals surface area contributed by atoms with Crippen molar-refractivity contribution in [2.75, 3.05) is 5.88 Å². The molecule has 12 heavy (non-hydrogen) atoms. The number of carbonyl (C=O) groups is 1. The van der Waals surface area contributed by atoms with Gasteiger partial charge in [0.2, 0.25) is 5.91 Å². The molecule has 2 nitrogen and oxygen atoms in total. The maximum Gasteiger partial charge on any atom is 0.235 e. The van der Waals surface area contributed by atoms with Crippen molar-refractivity contribution >= 4 is 17.5 Å². The Hall–Kier alpha value is -0.500. The van der Waals surface area contributed by atoms with Crippen LogP contribution in [-0.4, -0.2) is 17.8 Å². The lowest BCUT2D eigenvalue weighted by molar-refractivity contribution is -0.119. The van der Waals surface area contributed by atoms with Crippen LogP contribution in [0, 0.1) is 11.8 Å². The Morgan fingerprint density at radius 3 is 2.83 bits per heavy atom. The lowest BCUT2D eigenvalue weighted by Gasteiger charge is -2.18. The third-order valence-corrected chi connectivity index (χ3v) is 2.99. The van der Waals surface area contributed by atoms with Crippen molar-refractivity contribution < 1.29 is 4.79 Å². The molecule has 3 unspecified atom stereocenters. The third-order valence-electron chi connectivity index (χ3n) is 2.75. The summed E-state index contributed by atoms with van der Waals surface area (Å²) in [7, 11) is 0. The summed E-state index contributed by atoms with van der Waals surface area (Å²) in [4.78, 5) is 11.0. The van der Waals surface area contributed by atoms with Crippen LogP contribution in [0.15, 0.2) is 12.2 Å². The van der Waals surface area contributed by atoms with Gasteiger partial charge in [-0.1, -0.05) is 12.2 Å². The number of rotatable bonds is 2. The molecule has 0 saturated heterocycles. The molecule has 1 N–H and O–H groups in total. The number of fused-ring (bicyclic) bond motifs is 2. The van der Waals surface area contributed by atoms with Crippen LogP contribution in [0.3, 0.4) is 0 Å². The Balaban J connectivity index is 1.91. The van der Waals surface area contributed by atoms with E-state index in [1.54, 1.807) is 0 Å². The average Bonchev–Trinajstić information content (AvgIpc) is 2.64. The van der Waals surface area contributed by atoms with Crippen molar-refractivity contribution in [1.82, 2.24) is 5.32 Å². The van der Waals surface area contributed by atoms with E-state index in [4.69, 9.17) is 11.6 Å². The lowest BCUT2D eigenvalue weighted by atomic mass is 10.0. The van der Waals surface area contributed by atoms with Crippen LogP contribution in [0.5, 0.6) is 0 Å². The molecule has 0 heterocycles. The van der Waals surface area contributed by atoms with E-state index in [-0.39, 0.29) is 11.8 Å². The number of hydrogen-bond acceptors (Lipinski definition) is 1. The SMILES string of the molecule is O=C(CCl)NC1CC2C=CC1C2. The molecule has 0 aromatic rings. The predicted octanol–water partition coefficient (Wildman–Crippen LogP) is 1.31. The first-order valence-corrected chi connectivity index (χ1v) is 4.86. The van der Waals surface area contributed by atoms with Crippen LogP contribution >= 0.6 is 11.6 Å². The van der Waals surface area contributed by atoms with Crippen LogP contribution in [0.4, 0.5) is 0 Å². The van der Waals surface area contributed by atoms with Gasteiger partial charge in [0.25, 0.3) is 0 Å². The molecular formula is C9H12ClNO. The van der Waals surface area contributed by atoms with E-state index < -0.39 is 0 Å². The second-order valence-electron chi connectivity index (χ2n) is 3.59. The lowest BCUT2D eigenvalue weighted by Crippen LogP contribution is -2.38. The summed E-state index contributed by atoms with van der Waals surface area (Å²) >= 11 is 5.40. The molecule has 2 aliphatic carbocycles. The van der Waals surface area contributed by atoms with Crippen LogP contribution < -0.4 is 5.32 Å². The van der Waals surface area contributed by atoms with Gasteiger partial charge in [-0.05, 0) is 24.7 Å². The van der Waals surface area contributed by atoms with Gasteiger partial charge >= 0.3 is 0 Å². The monoisotopic (exact) mass is 185 g/mol. The largest absolute Gasteiger partial charge is 0.352 e. The average molecular weight is 186 g/mol. The summed E-state index contributed by atoms with van der Waals surface area (Å²) in [6.07, 6.45) is 6.79. The topological polar surface area (TPSA) is 29.1 Å². The van der Waals surface area contributed by atoms with Crippen molar-refractivity contribution in [1.29, 1.82) is 0 Å². The van der Waals surface area contributed by atoms with E-state index in [1.165, 1.54) is 6.42 Å². The predicted molar refractivity (Wildman–Crippen MR) is 48.0 cm³/mol. The summed E-state index contributed by atoms with van der Waals surface area (Å²) in [5, 5.41) is 2.94. The van der Waals surface area contributed by atoms with Gasteiger partial charge in [-0.25, -0.2) is 0 Å². The minimum atomic E-state index is -0.0392. The quantitative estimate of drug-likeness (QED) is 0.510. The molecule has 0 aromatic heterocycles. The first-order chi connectivity index (χ1) is 5.79. The first kappa shape index (κ1) is 8.11. The second kappa shape index (κ2) is 3.09. The zero-order valence-corrected chi connectivity index (χ0v) is 7.55. The van der Waals surface area contributed by atoms with E-state index in [2.05, 4.69) is 17.5 Å². The van der Waals surface area contributed by atoms with E-state index >= 15 is 0 Å². The smallest absolute Gasteiger partial charge is 0.235 e. The van der Waals surface area contributed by atoms with Crippen LogP contribution in [0.25, 0.3) is 0 Å². The first-order valence-electron chi connectivity index (χ1n) is 4.33.